The quantitative estimate of drug-likeness (QED) is 0.854. The Balaban J connectivity index is 1.96. The zero-order valence-electron chi connectivity index (χ0n) is 10.3. The normalized spacial score (nSPS) is 12.4. The van der Waals surface area contributed by atoms with E-state index in [1.54, 1.807) is 30.2 Å². The van der Waals surface area contributed by atoms with Gasteiger partial charge in [-0.3, -0.25) is 0 Å². The number of aliphatic hydroxyl groups is 1. The SMILES string of the molecule is COc1cccc(C(O)CSc2nc(C)cs2)c1. The lowest BCUT2D eigenvalue weighted by Gasteiger charge is -2.10. The predicted octanol–water partition coefficient (Wildman–Crippen LogP) is 3.29. The third kappa shape index (κ3) is 3.48. The molecule has 1 unspecified atom stereocenters. The van der Waals surface area contributed by atoms with Crippen LogP contribution in [-0.4, -0.2) is 23.0 Å². The topological polar surface area (TPSA) is 42.4 Å². The second-order valence-electron chi connectivity index (χ2n) is 3.86. The lowest BCUT2D eigenvalue weighted by atomic mass is 10.1. The van der Waals surface area contributed by atoms with Crippen molar-refractivity contribution in [2.75, 3.05) is 12.9 Å². The average molecular weight is 281 g/mol. The Hall–Kier alpha value is -1.04. The highest BCUT2D eigenvalue weighted by molar-refractivity contribution is 8.01. The molecule has 0 saturated heterocycles. The number of aromatic nitrogens is 1. The minimum Gasteiger partial charge on any atom is -0.497 e. The molecule has 5 heteroatoms. The van der Waals surface area contributed by atoms with Crippen LogP contribution in [0.5, 0.6) is 5.75 Å². The van der Waals surface area contributed by atoms with Gasteiger partial charge >= 0.3 is 0 Å². The second kappa shape index (κ2) is 6.22. The third-order valence-electron chi connectivity index (χ3n) is 2.44. The minimum atomic E-state index is -0.505. The van der Waals surface area contributed by atoms with E-state index in [2.05, 4.69) is 4.98 Å². The number of aliphatic hydroxyl groups excluding tert-OH is 1. The van der Waals surface area contributed by atoms with Gasteiger partial charge in [0.15, 0.2) is 0 Å². The second-order valence-corrected chi connectivity index (χ2v) is 5.98. The largest absolute Gasteiger partial charge is 0.497 e. The Morgan fingerprint density at radius 3 is 3.00 bits per heavy atom. The summed E-state index contributed by atoms with van der Waals surface area (Å²) in [5, 5.41) is 12.1. The van der Waals surface area contributed by atoms with Gasteiger partial charge in [0.2, 0.25) is 0 Å². The molecule has 3 nitrogen and oxygen atoms in total. The number of rotatable bonds is 5. The lowest BCUT2D eigenvalue weighted by molar-refractivity contribution is 0.203. The van der Waals surface area contributed by atoms with Gasteiger partial charge in [-0.1, -0.05) is 23.9 Å². The van der Waals surface area contributed by atoms with Crippen LogP contribution < -0.4 is 4.74 Å². The number of ether oxygens (including phenoxy) is 1. The van der Waals surface area contributed by atoms with E-state index in [1.807, 2.05) is 36.6 Å². The van der Waals surface area contributed by atoms with Crippen molar-refractivity contribution in [3.8, 4) is 5.75 Å². The smallest absolute Gasteiger partial charge is 0.150 e. The van der Waals surface area contributed by atoms with E-state index < -0.39 is 6.10 Å². The van der Waals surface area contributed by atoms with Crippen LogP contribution in [0.25, 0.3) is 0 Å². The molecule has 0 spiro atoms. The monoisotopic (exact) mass is 281 g/mol. The molecular weight excluding hydrogens is 266 g/mol. The molecule has 0 bridgehead atoms. The van der Waals surface area contributed by atoms with Crippen LogP contribution in [0, 0.1) is 6.92 Å². The van der Waals surface area contributed by atoms with Crippen molar-refractivity contribution in [2.45, 2.75) is 17.4 Å². The Bertz CT molecular complexity index is 513. The summed E-state index contributed by atoms with van der Waals surface area (Å²) in [6, 6.07) is 7.52. The molecule has 18 heavy (non-hydrogen) atoms. The van der Waals surface area contributed by atoms with E-state index in [0.717, 1.165) is 21.3 Å². The molecule has 1 aromatic heterocycles. The summed E-state index contributed by atoms with van der Waals surface area (Å²) in [4.78, 5) is 4.36. The molecular formula is C13H15NO2S2. The molecule has 0 aliphatic rings. The first kappa shape index (κ1) is 13.4. The molecule has 0 saturated carbocycles. The summed E-state index contributed by atoms with van der Waals surface area (Å²) < 4.78 is 6.14. The summed E-state index contributed by atoms with van der Waals surface area (Å²) in [6.45, 7) is 1.97. The van der Waals surface area contributed by atoms with E-state index >= 15 is 0 Å². The maximum absolute atomic E-state index is 10.1. The van der Waals surface area contributed by atoms with E-state index in [0.29, 0.717) is 5.75 Å². The number of hydrogen-bond donors (Lipinski definition) is 1. The van der Waals surface area contributed by atoms with Crippen molar-refractivity contribution in [1.82, 2.24) is 4.98 Å². The van der Waals surface area contributed by atoms with Gasteiger partial charge in [0.05, 0.1) is 13.2 Å². The molecule has 2 aromatic rings. The molecule has 0 aliphatic heterocycles. The fourth-order valence-corrected chi connectivity index (χ4v) is 3.34. The van der Waals surface area contributed by atoms with Crippen LogP contribution in [0.2, 0.25) is 0 Å². The number of benzene rings is 1. The number of thioether (sulfide) groups is 1. The third-order valence-corrected chi connectivity index (χ3v) is 4.66. The molecule has 0 amide bonds. The van der Waals surface area contributed by atoms with Gasteiger partial charge in [-0.15, -0.1) is 11.3 Å². The number of aryl methyl sites for hydroxylation is 1. The van der Waals surface area contributed by atoms with Gasteiger partial charge in [-0.2, -0.15) is 0 Å². The highest BCUT2D eigenvalue weighted by atomic mass is 32.2. The Labute approximate surface area is 115 Å². The van der Waals surface area contributed by atoms with Crippen molar-refractivity contribution in [3.05, 3.63) is 40.9 Å². The van der Waals surface area contributed by atoms with Crippen molar-refractivity contribution in [1.29, 1.82) is 0 Å². The highest BCUT2D eigenvalue weighted by Gasteiger charge is 2.10. The standard InChI is InChI=1S/C13H15NO2S2/c1-9-7-17-13(14-9)18-8-12(15)10-4-3-5-11(6-10)16-2/h3-7,12,15H,8H2,1-2H3. The van der Waals surface area contributed by atoms with Gasteiger partial charge in [-0.05, 0) is 24.6 Å². The molecule has 1 aromatic carbocycles. The highest BCUT2D eigenvalue weighted by Crippen LogP contribution is 2.28. The van der Waals surface area contributed by atoms with Crippen LogP contribution in [-0.2, 0) is 0 Å². The van der Waals surface area contributed by atoms with Gasteiger partial charge in [0.1, 0.15) is 10.1 Å². The molecule has 96 valence electrons. The van der Waals surface area contributed by atoms with Crippen molar-refractivity contribution >= 4 is 23.1 Å². The van der Waals surface area contributed by atoms with Gasteiger partial charge in [0, 0.05) is 16.8 Å². The summed E-state index contributed by atoms with van der Waals surface area (Å²) in [6.07, 6.45) is -0.505. The average Bonchev–Trinajstić information content (AvgIpc) is 2.82. The van der Waals surface area contributed by atoms with E-state index in [9.17, 15) is 5.11 Å². The van der Waals surface area contributed by atoms with Gasteiger partial charge < -0.3 is 9.84 Å². The molecule has 1 N–H and O–H groups in total. The summed E-state index contributed by atoms with van der Waals surface area (Å²) in [5.74, 6) is 1.36. The fraction of sp³-hybridized carbons (Fsp3) is 0.308. The Kier molecular flexibility index (Phi) is 4.63. The lowest BCUT2D eigenvalue weighted by Crippen LogP contribution is -2.00. The number of thiazole rings is 1. The van der Waals surface area contributed by atoms with Crippen LogP contribution in [0.4, 0.5) is 0 Å². The van der Waals surface area contributed by atoms with Crippen LogP contribution in [0.1, 0.15) is 17.4 Å². The molecule has 1 atom stereocenters. The van der Waals surface area contributed by atoms with Crippen molar-refractivity contribution in [3.63, 3.8) is 0 Å². The minimum absolute atomic E-state index is 0.505. The first-order valence-electron chi connectivity index (χ1n) is 5.56. The molecule has 0 radical (unpaired) electrons. The predicted molar refractivity (Wildman–Crippen MR) is 75.5 cm³/mol. The molecule has 0 fully saturated rings. The summed E-state index contributed by atoms with van der Waals surface area (Å²) in [5.41, 5.74) is 1.90. The van der Waals surface area contributed by atoms with Gasteiger partial charge in [-0.25, -0.2) is 4.98 Å². The first-order valence-corrected chi connectivity index (χ1v) is 7.42. The summed E-state index contributed by atoms with van der Waals surface area (Å²) in [7, 11) is 1.62. The van der Waals surface area contributed by atoms with Crippen LogP contribution in [0.3, 0.4) is 0 Å². The van der Waals surface area contributed by atoms with Crippen molar-refractivity contribution in [2.24, 2.45) is 0 Å². The van der Waals surface area contributed by atoms with E-state index in [1.165, 1.54) is 0 Å². The maximum atomic E-state index is 10.1. The zero-order valence-corrected chi connectivity index (χ0v) is 11.9. The van der Waals surface area contributed by atoms with E-state index in [4.69, 9.17) is 4.74 Å². The number of nitrogens with zero attached hydrogens (tertiary/aromatic N) is 1. The Morgan fingerprint density at radius 2 is 2.33 bits per heavy atom. The Morgan fingerprint density at radius 1 is 1.50 bits per heavy atom. The fourth-order valence-electron chi connectivity index (χ4n) is 1.49. The van der Waals surface area contributed by atoms with Crippen LogP contribution in [0.15, 0.2) is 34.0 Å². The number of hydrogen-bond acceptors (Lipinski definition) is 5. The van der Waals surface area contributed by atoms with Gasteiger partial charge in [0.25, 0.3) is 0 Å². The molecule has 2 rings (SSSR count). The maximum Gasteiger partial charge on any atom is 0.150 e. The van der Waals surface area contributed by atoms with Crippen LogP contribution >= 0.6 is 23.1 Å². The van der Waals surface area contributed by atoms with E-state index in [-0.39, 0.29) is 0 Å². The number of methoxy groups -OCH3 is 1. The molecule has 1 heterocycles. The van der Waals surface area contributed by atoms with Crippen molar-refractivity contribution < 1.29 is 9.84 Å². The summed E-state index contributed by atoms with van der Waals surface area (Å²) >= 11 is 3.18. The zero-order chi connectivity index (χ0) is 13.0. The molecule has 0 aliphatic carbocycles. The first-order chi connectivity index (χ1) is 8.69.